The van der Waals surface area contributed by atoms with Gasteiger partial charge in [-0.05, 0) is 37.3 Å². The Kier molecular flexibility index (Phi) is 5.23. The molecular weight excluding hydrogens is 292 g/mol. The molecule has 0 atom stereocenters. The van der Waals surface area contributed by atoms with Gasteiger partial charge in [0.15, 0.2) is 0 Å². The van der Waals surface area contributed by atoms with Crippen LogP contribution in [0.1, 0.15) is 38.0 Å². The molecule has 0 radical (unpaired) electrons. The average molecular weight is 316 g/mol. The van der Waals surface area contributed by atoms with Crippen LogP contribution in [0.25, 0.3) is 0 Å². The molecular formula is C14H24N2O2S2. The highest BCUT2D eigenvalue weighted by atomic mass is 32.2. The molecule has 1 N–H and O–H groups in total. The molecule has 1 heterocycles. The number of hydrogen-bond acceptors (Lipinski definition) is 4. The number of nitrogens with one attached hydrogen (secondary N) is 1. The average Bonchev–Trinajstić information content (AvgIpc) is 3.09. The Balaban J connectivity index is 1.96. The third kappa shape index (κ3) is 4.28. The van der Waals surface area contributed by atoms with E-state index < -0.39 is 10.0 Å². The molecule has 114 valence electrons. The van der Waals surface area contributed by atoms with Gasteiger partial charge in [-0.2, -0.15) is 0 Å². The lowest BCUT2D eigenvalue weighted by molar-refractivity contribution is 0.429. The Morgan fingerprint density at radius 2 is 2.10 bits per heavy atom. The molecule has 1 aliphatic rings. The molecule has 4 nitrogen and oxygen atoms in total. The minimum absolute atomic E-state index is 0.455. The van der Waals surface area contributed by atoms with E-state index in [0.717, 1.165) is 17.8 Å². The fraction of sp³-hybridized carbons (Fsp3) is 0.714. The van der Waals surface area contributed by atoms with Crippen molar-refractivity contribution in [3.8, 4) is 0 Å². The van der Waals surface area contributed by atoms with Gasteiger partial charge in [0.25, 0.3) is 10.0 Å². The molecule has 0 bridgehead atoms. The number of rotatable bonds is 8. The molecule has 0 aromatic carbocycles. The Morgan fingerprint density at radius 3 is 2.70 bits per heavy atom. The summed E-state index contributed by atoms with van der Waals surface area (Å²) in [6, 6.07) is 4.30. The summed E-state index contributed by atoms with van der Waals surface area (Å²) < 4.78 is 26.8. The highest BCUT2D eigenvalue weighted by molar-refractivity contribution is 7.91. The second-order valence-corrected chi connectivity index (χ2v) is 9.33. The number of sulfonamides is 1. The molecule has 2 rings (SSSR count). The van der Waals surface area contributed by atoms with E-state index in [4.69, 9.17) is 0 Å². The van der Waals surface area contributed by atoms with E-state index in [9.17, 15) is 8.42 Å². The van der Waals surface area contributed by atoms with E-state index in [1.165, 1.54) is 28.5 Å². The van der Waals surface area contributed by atoms with Crippen molar-refractivity contribution < 1.29 is 8.42 Å². The summed E-state index contributed by atoms with van der Waals surface area (Å²) in [5.41, 5.74) is 0. The van der Waals surface area contributed by atoms with E-state index in [2.05, 4.69) is 19.2 Å². The van der Waals surface area contributed by atoms with Crippen LogP contribution in [-0.2, 0) is 16.6 Å². The molecule has 0 aliphatic heterocycles. The molecule has 0 unspecified atom stereocenters. The third-order valence-corrected chi connectivity index (χ3v) is 6.87. The zero-order valence-corrected chi connectivity index (χ0v) is 14.1. The molecule has 1 fully saturated rings. The Labute approximate surface area is 126 Å². The van der Waals surface area contributed by atoms with E-state index in [1.807, 2.05) is 6.07 Å². The van der Waals surface area contributed by atoms with Crippen LogP contribution in [0, 0.1) is 5.92 Å². The SMILES string of the molecule is CC(C)CCN(C)S(=O)(=O)c1ccc(CNC2CC2)s1. The van der Waals surface area contributed by atoms with Gasteiger partial charge in [-0.25, -0.2) is 12.7 Å². The van der Waals surface area contributed by atoms with E-state index in [0.29, 0.717) is 22.7 Å². The van der Waals surface area contributed by atoms with Crippen LogP contribution >= 0.6 is 11.3 Å². The molecule has 20 heavy (non-hydrogen) atoms. The van der Waals surface area contributed by atoms with Crippen molar-refractivity contribution in [3.05, 3.63) is 17.0 Å². The highest BCUT2D eigenvalue weighted by Crippen LogP contribution is 2.26. The van der Waals surface area contributed by atoms with Gasteiger partial charge >= 0.3 is 0 Å². The van der Waals surface area contributed by atoms with Crippen molar-refractivity contribution in [3.63, 3.8) is 0 Å². The van der Waals surface area contributed by atoms with Crippen LogP contribution in [0.4, 0.5) is 0 Å². The Bertz CT molecular complexity index is 533. The lowest BCUT2D eigenvalue weighted by atomic mass is 10.1. The normalized spacial score (nSPS) is 16.2. The van der Waals surface area contributed by atoms with Gasteiger partial charge in [0, 0.05) is 31.1 Å². The van der Waals surface area contributed by atoms with E-state index in [-0.39, 0.29) is 0 Å². The van der Waals surface area contributed by atoms with Crippen molar-refractivity contribution in [2.45, 2.75) is 49.9 Å². The van der Waals surface area contributed by atoms with Crippen LogP contribution in [0.5, 0.6) is 0 Å². The molecule has 1 aromatic heterocycles. The smallest absolute Gasteiger partial charge is 0.252 e. The summed E-state index contributed by atoms with van der Waals surface area (Å²) in [6.45, 7) is 5.56. The van der Waals surface area contributed by atoms with Crippen LogP contribution in [0.15, 0.2) is 16.3 Å². The second kappa shape index (κ2) is 6.56. The van der Waals surface area contributed by atoms with Crippen molar-refractivity contribution in [1.29, 1.82) is 0 Å². The van der Waals surface area contributed by atoms with Gasteiger partial charge < -0.3 is 5.32 Å². The maximum atomic E-state index is 12.4. The highest BCUT2D eigenvalue weighted by Gasteiger charge is 2.24. The lowest BCUT2D eigenvalue weighted by Crippen LogP contribution is -2.28. The Morgan fingerprint density at radius 1 is 1.40 bits per heavy atom. The lowest BCUT2D eigenvalue weighted by Gasteiger charge is -2.17. The summed E-state index contributed by atoms with van der Waals surface area (Å²) in [5, 5.41) is 3.41. The maximum Gasteiger partial charge on any atom is 0.252 e. The van der Waals surface area contributed by atoms with Gasteiger partial charge in [0.1, 0.15) is 4.21 Å². The van der Waals surface area contributed by atoms with Crippen molar-refractivity contribution in [2.75, 3.05) is 13.6 Å². The van der Waals surface area contributed by atoms with Gasteiger partial charge in [-0.1, -0.05) is 13.8 Å². The predicted octanol–water partition coefficient (Wildman–Crippen LogP) is 2.67. The molecule has 1 saturated carbocycles. The third-order valence-electron chi connectivity index (χ3n) is 3.47. The zero-order chi connectivity index (χ0) is 14.8. The first kappa shape index (κ1) is 15.9. The Hall–Kier alpha value is -0.430. The van der Waals surface area contributed by atoms with Gasteiger partial charge in [-0.15, -0.1) is 11.3 Å². The molecule has 0 spiro atoms. The van der Waals surface area contributed by atoms with Crippen molar-refractivity contribution in [2.24, 2.45) is 5.92 Å². The summed E-state index contributed by atoms with van der Waals surface area (Å²) in [5.74, 6) is 0.509. The monoisotopic (exact) mass is 316 g/mol. The summed E-state index contributed by atoms with van der Waals surface area (Å²) in [6.07, 6.45) is 3.38. The fourth-order valence-corrected chi connectivity index (χ4v) is 4.54. The molecule has 1 aliphatic carbocycles. The van der Waals surface area contributed by atoms with Crippen LogP contribution in [0.3, 0.4) is 0 Å². The molecule has 6 heteroatoms. The van der Waals surface area contributed by atoms with Crippen molar-refractivity contribution >= 4 is 21.4 Å². The largest absolute Gasteiger partial charge is 0.309 e. The van der Waals surface area contributed by atoms with Crippen molar-refractivity contribution in [1.82, 2.24) is 9.62 Å². The van der Waals surface area contributed by atoms with E-state index in [1.54, 1.807) is 13.1 Å². The number of thiophene rings is 1. The van der Waals surface area contributed by atoms with Gasteiger partial charge in [-0.3, -0.25) is 0 Å². The van der Waals surface area contributed by atoms with Gasteiger partial charge in [0.05, 0.1) is 0 Å². The predicted molar refractivity (Wildman–Crippen MR) is 83.5 cm³/mol. The number of nitrogens with zero attached hydrogens (tertiary/aromatic N) is 1. The maximum absolute atomic E-state index is 12.4. The quantitative estimate of drug-likeness (QED) is 0.802. The first-order valence-electron chi connectivity index (χ1n) is 7.18. The van der Waals surface area contributed by atoms with Gasteiger partial charge in [0.2, 0.25) is 0 Å². The minimum Gasteiger partial charge on any atom is -0.309 e. The molecule has 0 amide bonds. The zero-order valence-electron chi connectivity index (χ0n) is 12.4. The number of hydrogen-bond donors (Lipinski definition) is 1. The van der Waals surface area contributed by atoms with E-state index >= 15 is 0 Å². The summed E-state index contributed by atoms with van der Waals surface area (Å²) in [7, 11) is -1.65. The van der Waals surface area contributed by atoms with Crippen LogP contribution in [0.2, 0.25) is 0 Å². The standard InChI is InChI=1S/C14H24N2O2S2/c1-11(2)8-9-16(3)20(17,18)14-7-6-13(19-14)10-15-12-4-5-12/h6-7,11-12,15H,4-5,8-10H2,1-3H3. The first-order chi connectivity index (χ1) is 9.39. The van der Waals surface area contributed by atoms with Crippen LogP contribution in [-0.4, -0.2) is 32.4 Å². The first-order valence-corrected chi connectivity index (χ1v) is 9.43. The fourth-order valence-electron chi connectivity index (χ4n) is 1.84. The summed E-state index contributed by atoms with van der Waals surface area (Å²) >= 11 is 1.38. The molecule has 1 aromatic rings. The second-order valence-electron chi connectivity index (χ2n) is 5.89. The minimum atomic E-state index is -3.31. The summed E-state index contributed by atoms with van der Waals surface area (Å²) in [4.78, 5) is 1.09. The molecule has 0 saturated heterocycles. The van der Waals surface area contributed by atoms with Crippen LogP contribution < -0.4 is 5.32 Å². The topological polar surface area (TPSA) is 49.4 Å².